The predicted molar refractivity (Wildman–Crippen MR) is 120 cm³/mol. The first-order chi connectivity index (χ1) is 14.1. The zero-order valence-corrected chi connectivity index (χ0v) is 17.8. The number of carbonyl (C=O) groups is 1. The number of rotatable bonds is 9. The maximum atomic E-state index is 13.6. The summed E-state index contributed by atoms with van der Waals surface area (Å²) in [7, 11) is 0. The highest BCUT2D eigenvalue weighted by atomic mass is 16.2. The molecule has 0 spiro atoms. The van der Waals surface area contributed by atoms with E-state index in [1.165, 1.54) is 11.3 Å². The Balaban J connectivity index is 1.83. The quantitative estimate of drug-likeness (QED) is 0.451. The van der Waals surface area contributed by atoms with E-state index < -0.39 is 0 Å². The molecule has 0 aliphatic carbocycles. The molecule has 0 saturated carbocycles. The van der Waals surface area contributed by atoms with Gasteiger partial charge >= 0.3 is 0 Å². The van der Waals surface area contributed by atoms with E-state index in [1.807, 2.05) is 24.3 Å². The summed E-state index contributed by atoms with van der Waals surface area (Å²) in [6.07, 6.45) is 3.85. The van der Waals surface area contributed by atoms with E-state index in [0.717, 1.165) is 24.9 Å². The van der Waals surface area contributed by atoms with Gasteiger partial charge in [0.2, 0.25) is 5.91 Å². The Morgan fingerprint density at radius 2 is 1.55 bits per heavy atom. The summed E-state index contributed by atoms with van der Waals surface area (Å²) in [6.45, 7) is 7.86. The Morgan fingerprint density at radius 3 is 2.17 bits per heavy atom. The minimum atomic E-state index is -0.0947. The monoisotopic (exact) mass is 388 g/mol. The van der Waals surface area contributed by atoms with Gasteiger partial charge in [0.15, 0.2) is 0 Å². The number of amides is 1. The average Bonchev–Trinajstić information content (AvgIpc) is 3.20. The maximum Gasteiger partial charge on any atom is 0.230 e. The fourth-order valence-corrected chi connectivity index (χ4v) is 3.81. The first-order valence-electron chi connectivity index (χ1n) is 10.7. The molecule has 1 aromatic heterocycles. The van der Waals surface area contributed by atoms with Crippen LogP contribution in [-0.4, -0.2) is 21.4 Å². The molecule has 0 aliphatic heterocycles. The number of aromatic nitrogens is 1. The topological polar surface area (TPSA) is 25.2 Å². The lowest BCUT2D eigenvalue weighted by molar-refractivity contribution is -0.135. The van der Waals surface area contributed by atoms with E-state index in [1.54, 1.807) is 0 Å². The molecule has 0 aliphatic rings. The van der Waals surface area contributed by atoms with Crippen molar-refractivity contribution >= 4 is 5.91 Å². The second-order valence-electron chi connectivity index (χ2n) is 7.71. The van der Waals surface area contributed by atoms with Crippen LogP contribution in [-0.2, 0) is 17.9 Å². The van der Waals surface area contributed by atoms with Crippen molar-refractivity contribution in [2.24, 2.45) is 0 Å². The highest BCUT2D eigenvalue weighted by molar-refractivity contribution is 5.84. The Labute approximate surface area is 175 Å². The largest absolute Gasteiger partial charge is 0.345 e. The minimum absolute atomic E-state index is 0.0947. The molecule has 3 nitrogen and oxygen atoms in total. The Hall–Kier alpha value is -2.81. The molecule has 0 bridgehead atoms. The van der Waals surface area contributed by atoms with E-state index in [2.05, 4.69) is 85.0 Å². The molecule has 3 heteroatoms. The van der Waals surface area contributed by atoms with Crippen molar-refractivity contribution < 1.29 is 4.79 Å². The van der Waals surface area contributed by atoms with Gasteiger partial charge in [0.25, 0.3) is 0 Å². The van der Waals surface area contributed by atoms with Crippen LogP contribution in [0.3, 0.4) is 0 Å². The van der Waals surface area contributed by atoms with Gasteiger partial charge in [-0.05, 0) is 43.0 Å². The molecule has 3 aromatic rings. The summed E-state index contributed by atoms with van der Waals surface area (Å²) in [5.41, 5.74) is 3.54. The molecule has 2 atom stereocenters. The maximum absolute atomic E-state index is 13.6. The fourth-order valence-electron chi connectivity index (χ4n) is 3.81. The van der Waals surface area contributed by atoms with Crippen LogP contribution in [0.25, 0.3) is 0 Å². The Kier molecular flexibility index (Phi) is 7.29. The van der Waals surface area contributed by atoms with Crippen molar-refractivity contribution in [1.29, 1.82) is 0 Å². The van der Waals surface area contributed by atoms with Crippen molar-refractivity contribution in [2.75, 3.05) is 0 Å². The third kappa shape index (κ3) is 5.17. The highest BCUT2D eigenvalue weighted by Crippen LogP contribution is 2.25. The van der Waals surface area contributed by atoms with Crippen LogP contribution in [0.2, 0.25) is 0 Å². The summed E-state index contributed by atoms with van der Waals surface area (Å²) >= 11 is 0. The lowest BCUT2D eigenvalue weighted by Gasteiger charge is -2.32. The first-order valence-corrected chi connectivity index (χ1v) is 10.7. The van der Waals surface area contributed by atoms with Crippen LogP contribution in [0.1, 0.15) is 56.4 Å². The van der Waals surface area contributed by atoms with E-state index in [4.69, 9.17) is 0 Å². The van der Waals surface area contributed by atoms with Crippen molar-refractivity contribution in [3.8, 4) is 0 Å². The molecule has 0 saturated heterocycles. The molecule has 29 heavy (non-hydrogen) atoms. The van der Waals surface area contributed by atoms with Gasteiger partial charge in [-0.2, -0.15) is 0 Å². The van der Waals surface area contributed by atoms with E-state index >= 15 is 0 Å². The molecule has 1 amide bonds. The smallest absolute Gasteiger partial charge is 0.230 e. The summed E-state index contributed by atoms with van der Waals surface area (Å²) in [5.74, 6) is 0.128. The van der Waals surface area contributed by atoms with Crippen molar-refractivity contribution in [3.63, 3.8) is 0 Å². The van der Waals surface area contributed by atoms with Crippen LogP contribution < -0.4 is 0 Å². The third-order valence-electron chi connectivity index (χ3n) is 5.77. The Morgan fingerprint density at radius 1 is 0.897 bits per heavy atom. The second kappa shape index (κ2) is 10.1. The summed E-state index contributed by atoms with van der Waals surface area (Å²) in [4.78, 5) is 15.7. The van der Waals surface area contributed by atoms with Gasteiger partial charge in [-0.3, -0.25) is 4.79 Å². The van der Waals surface area contributed by atoms with Crippen LogP contribution in [0.15, 0.2) is 79.0 Å². The molecular formula is C26H32N2O. The number of nitrogens with zero attached hydrogens (tertiary/aromatic N) is 2. The van der Waals surface area contributed by atoms with Crippen LogP contribution >= 0.6 is 0 Å². The zero-order chi connectivity index (χ0) is 20.6. The molecule has 1 heterocycles. The average molecular weight is 389 g/mol. The van der Waals surface area contributed by atoms with E-state index in [0.29, 0.717) is 6.54 Å². The van der Waals surface area contributed by atoms with Crippen molar-refractivity contribution in [2.45, 2.75) is 58.7 Å². The van der Waals surface area contributed by atoms with Crippen molar-refractivity contribution in [1.82, 2.24) is 9.47 Å². The van der Waals surface area contributed by atoms with Gasteiger partial charge < -0.3 is 9.47 Å². The number of hydrogen-bond acceptors (Lipinski definition) is 1. The molecule has 3 rings (SSSR count). The summed E-state index contributed by atoms with van der Waals surface area (Å²) in [6, 6.07) is 25.0. The lowest BCUT2D eigenvalue weighted by Crippen LogP contribution is -2.41. The third-order valence-corrected chi connectivity index (χ3v) is 5.77. The standard InChI is InChI=1S/C26H32N2O/c1-4-21(3)28(26(29)25(5-2)23-15-10-7-11-16-23)20-24-17-12-18-27(24)19-22-13-8-6-9-14-22/h6-18,21,25H,4-5,19-20H2,1-3H3/t21-,25+/m1/s1. The van der Waals surface area contributed by atoms with E-state index in [9.17, 15) is 4.79 Å². The molecule has 0 fully saturated rings. The van der Waals surface area contributed by atoms with E-state index in [-0.39, 0.29) is 17.9 Å². The summed E-state index contributed by atoms with van der Waals surface area (Å²) < 4.78 is 2.25. The molecular weight excluding hydrogens is 356 g/mol. The number of benzene rings is 2. The fraction of sp³-hybridized carbons (Fsp3) is 0.346. The van der Waals surface area contributed by atoms with Crippen molar-refractivity contribution in [3.05, 3.63) is 95.8 Å². The predicted octanol–water partition coefficient (Wildman–Crippen LogP) is 5.86. The van der Waals surface area contributed by atoms with Gasteiger partial charge in [0, 0.05) is 24.5 Å². The van der Waals surface area contributed by atoms with Crippen LogP contribution in [0, 0.1) is 0 Å². The molecule has 2 aromatic carbocycles. The first kappa shape index (κ1) is 20.9. The molecule has 0 radical (unpaired) electrons. The summed E-state index contributed by atoms with van der Waals surface area (Å²) in [5, 5.41) is 0. The second-order valence-corrected chi connectivity index (χ2v) is 7.71. The van der Waals surface area contributed by atoms with Gasteiger partial charge in [-0.25, -0.2) is 0 Å². The normalized spacial score (nSPS) is 13.1. The minimum Gasteiger partial charge on any atom is -0.345 e. The number of carbonyl (C=O) groups excluding carboxylic acids is 1. The van der Waals surface area contributed by atoms with Gasteiger partial charge in [0.05, 0.1) is 12.5 Å². The molecule has 152 valence electrons. The van der Waals surface area contributed by atoms with Gasteiger partial charge in [-0.1, -0.05) is 74.5 Å². The SMILES string of the molecule is CC[C@H](C(=O)N(Cc1cccn1Cc1ccccc1)[C@H](C)CC)c1ccccc1. The molecule has 0 N–H and O–H groups in total. The zero-order valence-electron chi connectivity index (χ0n) is 17.8. The lowest BCUT2D eigenvalue weighted by atomic mass is 9.94. The van der Waals surface area contributed by atoms with Gasteiger partial charge in [0.1, 0.15) is 0 Å². The van der Waals surface area contributed by atoms with Crippen LogP contribution in [0.4, 0.5) is 0 Å². The van der Waals surface area contributed by atoms with Crippen LogP contribution in [0.5, 0.6) is 0 Å². The molecule has 0 unspecified atom stereocenters. The number of hydrogen-bond donors (Lipinski definition) is 0. The van der Waals surface area contributed by atoms with Gasteiger partial charge in [-0.15, -0.1) is 0 Å². The highest BCUT2D eigenvalue weighted by Gasteiger charge is 2.27. The Bertz CT molecular complexity index is 885.